The van der Waals surface area contributed by atoms with Crippen LogP contribution in [-0.4, -0.2) is 41.5 Å². The number of aromatic nitrogens is 1. The quantitative estimate of drug-likeness (QED) is 0.854. The number of hydrogen-bond acceptors (Lipinski definition) is 3. The van der Waals surface area contributed by atoms with E-state index in [0.29, 0.717) is 19.5 Å². The number of rotatable bonds is 3. The second kappa shape index (κ2) is 6.02. The van der Waals surface area contributed by atoms with Crippen molar-refractivity contribution in [2.45, 2.75) is 38.9 Å². The molecule has 128 valence electrons. The van der Waals surface area contributed by atoms with Crippen LogP contribution in [0, 0.1) is 5.92 Å². The second-order valence-electron chi connectivity index (χ2n) is 7.00. The molecular formula is C16H22F3N3O. The minimum Gasteiger partial charge on any atom is -0.359 e. The van der Waals surface area contributed by atoms with E-state index in [1.54, 1.807) is 11.9 Å². The van der Waals surface area contributed by atoms with Crippen LogP contribution in [0.5, 0.6) is 0 Å². The van der Waals surface area contributed by atoms with Crippen molar-refractivity contribution < 1.29 is 18.0 Å². The van der Waals surface area contributed by atoms with Crippen LogP contribution < -0.4 is 4.90 Å². The molecule has 0 aromatic carbocycles. The van der Waals surface area contributed by atoms with E-state index < -0.39 is 11.7 Å². The van der Waals surface area contributed by atoms with E-state index in [1.807, 2.05) is 20.8 Å². The number of pyridine rings is 1. The van der Waals surface area contributed by atoms with Gasteiger partial charge in [0.1, 0.15) is 5.82 Å². The standard InChI is InChI=1S/C16H22F3N3O/c1-15(2,3)22-10-11(8-13(22)23)9-21(4)14-12(16(17,18)19)6-5-7-20-14/h5-7,11H,8-10H2,1-4H3. The Bertz CT molecular complexity index is 581. The van der Waals surface area contributed by atoms with E-state index in [4.69, 9.17) is 0 Å². The lowest BCUT2D eigenvalue weighted by atomic mass is 10.1. The first kappa shape index (κ1) is 17.6. The van der Waals surface area contributed by atoms with Gasteiger partial charge < -0.3 is 9.80 Å². The molecule has 1 amide bonds. The van der Waals surface area contributed by atoms with Crippen LogP contribution in [0.3, 0.4) is 0 Å². The van der Waals surface area contributed by atoms with Crippen molar-refractivity contribution in [3.05, 3.63) is 23.9 Å². The van der Waals surface area contributed by atoms with Gasteiger partial charge in [-0.3, -0.25) is 4.79 Å². The Labute approximate surface area is 134 Å². The fourth-order valence-electron chi connectivity index (χ4n) is 2.95. The van der Waals surface area contributed by atoms with Gasteiger partial charge in [0, 0.05) is 44.2 Å². The summed E-state index contributed by atoms with van der Waals surface area (Å²) in [6.45, 7) is 6.78. The number of nitrogens with zero attached hydrogens (tertiary/aromatic N) is 3. The molecule has 0 N–H and O–H groups in total. The van der Waals surface area contributed by atoms with E-state index in [1.165, 1.54) is 17.2 Å². The molecule has 1 aromatic heterocycles. The SMILES string of the molecule is CN(CC1CC(=O)N(C(C)(C)C)C1)c1ncccc1C(F)(F)F. The van der Waals surface area contributed by atoms with Gasteiger partial charge in [-0.2, -0.15) is 13.2 Å². The third kappa shape index (κ3) is 3.95. The highest BCUT2D eigenvalue weighted by Crippen LogP contribution is 2.35. The first-order chi connectivity index (χ1) is 10.5. The molecule has 0 radical (unpaired) electrons. The predicted molar refractivity (Wildman–Crippen MR) is 82.1 cm³/mol. The van der Waals surface area contributed by atoms with Crippen LogP contribution in [0.4, 0.5) is 19.0 Å². The van der Waals surface area contributed by atoms with Crippen molar-refractivity contribution in [3.63, 3.8) is 0 Å². The van der Waals surface area contributed by atoms with Gasteiger partial charge in [0.05, 0.1) is 5.56 Å². The third-order valence-electron chi connectivity index (χ3n) is 4.00. The van der Waals surface area contributed by atoms with Crippen molar-refractivity contribution in [1.82, 2.24) is 9.88 Å². The molecule has 1 aliphatic rings. The largest absolute Gasteiger partial charge is 0.419 e. The van der Waals surface area contributed by atoms with Gasteiger partial charge in [-0.1, -0.05) is 0 Å². The van der Waals surface area contributed by atoms with Gasteiger partial charge in [-0.15, -0.1) is 0 Å². The normalized spacial score (nSPS) is 19.3. The number of carbonyl (C=O) groups is 1. The molecule has 1 aliphatic heterocycles. The summed E-state index contributed by atoms with van der Waals surface area (Å²) in [5, 5.41) is 0. The molecule has 1 saturated heterocycles. The number of carbonyl (C=O) groups excluding carboxylic acids is 1. The molecule has 4 nitrogen and oxygen atoms in total. The Kier molecular flexibility index (Phi) is 4.59. The zero-order valence-corrected chi connectivity index (χ0v) is 13.8. The van der Waals surface area contributed by atoms with Crippen LogP contribution in [0.2, 0.25) is 0 Å². The second-order valence-corrected chi connectivity index (χ2v) is 7.00. The van der Waals surface area contributed by atoms with Crippen LogP contribution in [-0.2, 0) is 11.0 Å². The topological polar surface area (TPSA) is 36.4 Å². The number of likely N-dealkylation sites (tertiary alicyclic amines) is 1. The van der Waals surface area contributed by atoms with E-state index in [-0.39, 0.29) is 23.2 Å². The number of halogens is 3. The Morgan fingerprint density at radius 1 is 1.35 bits per heavy atom. The Hall–Kier alpha value is -1.79. The van der Waals surface area contributed by atoms with Crippen molar-refractivity contribution >= 4 is 11.7 Å². The zero-order chi connectivity index (χ0) is 17.4. The molecule has 1 atom stereocenters. The molecule has 1 fully saturated rings. The fraction of sp³-hybridized carbons (Fsp3) is 0.625. The van der Waals surface area contributed by atoms with Gasteiger partial charge in [0.25, 0.3) is 0 Å². The molecule has 0 aliphatic carbocycles. The fourth-order valence-corrected chi connectivity index (χ4v) is 2.95. The molecule has 1 aromatic rings. The lowest BCUT2D eigenvalue weighted by Gasteiger charge is -2.32. The molecule has 0 bridgehead atoms. The minimum atomic E-state index is -4.44. The highest BCUT2D eigenvalue weighted by molar-refractivity contribution is 5.79. The molecule has 23 heavy (non-hydrogen) atoms. The summed E-state index contributed by atoms with van der Waals surface area (Å²) in [4.78, 5) is 19.2. The predicted octanol–water partition coefficient (Wildman–Crippen LogP) is 3.18. The molecule has 2 heterocycles. The highest BCUT2D eigenvalue weighted by atomic mass is 19.4. The van der Waals surface area contributed by atoms with Crippen LogP contribution in [0.15, 0.2) is 18.3 Å². The number of anilines is 1. The minimum absolute atomic E-state index is 0.00480. The lowest BCUT2D eigenvalue weighted by Crippen LogP contribution is -2.42. The highest BCUT2D eigenvalue weighted by Gasteiger charge is 2.38. The van der Waals surface area contributed by atoms with Crippen molar-refractivity contribution in [3.8, 4) is 0 Å². The summed E-state index contributed by atoms with van der Waals surface area (Å²) in [6.07, 6.45) is -2.74. The van der Waals surface area contributed by atoms with Gasteiger partial charge in [0.2, 0.25) is 5.91 Å². The molecule has 0 saturated carbocycles. The molecule has 0 spiro atoms. The number of alkyl halides is 3. The monoisotopic (exact) mass is 329 g/mol. The Balaban J connectivity index is 2.13. The van der Waals surface area contributed by atoms with E-state index in [2.05, 4.69) is 4.98 Å². The van der Waals surface area contributed by atoms with Crippen LogP contribution in [0.25, 0.3) is 0 Å². The van der Waals surface area contributed by atoms with Crippen molar-refractivity contribution in [1.29, 1.82) is 0 Å². The average Bonchev–Trinajstić information content (AvgIpc) is 2.78. The summed E-state index contributed by atoms with van der Waals surface area (Å²) in [6, 6.07) is 2.31. The first-order valence-electron chi connectivity index (χ1n) is 7.54. The summed E-state index contributed by atoms with van der Waals surface area (Å²) < 4.78 is 39.2. The van der Waals surface area contributed by atoms with Gasteiger partial charge in [0.15, 0.2) is 0 Å². The van der Waals surface area contributed by atoms with Crippen molar-refractivity contribution in [2.24, 2.45) is 5.92 Å². The maximum Gasteiger partial charge on any atom is 0.419 e. The first-order valence-corrected chi connectivity index (χ1v) is 7.54. The van der Waals surface area contributed by atoms with Crippen molar-refractivity contribution in [2.75, 3.05) is 25.0 Å². The van der Waals surface area contributed by atoms with Gasteiger partial charge >= 0.3 is 6.18 Å². The number of amides is 1. The van der Waals surface area contributed by atoms with Crippen LogP contribution in [0.1, 0.15) is 32.8 Å². The van der Waals surface area contributed by atoms with Gasteiger partial charge in [-0.05, 0) is 32.9 Å². The molecule has 2 rings (SSSR count). The maximum atomic E-state index is 13.1. The lowest BCUT2D eigenvalue weighted by molar-refractivity contribution is -0.137. The third-order valence-corrected chi connectivity index (χ3v) is 4.00. The summed E-state index contributed by atoms with van der Waals surface area (Å²) in [7, 11) is 1.59. The van der Waals surface area contributed by atoms with E-state index in [9.17, 15) is 18.0 Å². The molecule has 1 unspecified atom stereocenters. The van der Waals surface area contributed by atoms with E-state index in [0.717, 1.165) is 6.07 Å². The van der Waals surface area contributed by atoms with Gasteiger partial charge in [-0.25, -0.2) is 4.98 Å². The number of hydrogen-bond donors (Lipinski definition) is 0. The summed E-state index contributed by atoms with van der Waals surface area (Å²) in [5.41, 5.74) is -1.02. The smallest absolute Gasteiger partial charge is 0.359 e. The Morgan fingerprint density at radius 3 is 2.52 bits per heavy atom. The Morgan fingerprint density at radius 2 is 2.00 bits per heavy atom. The molecule has 7 heteroatoms. The average molecular weight is 329 g/mol. The summed E-state index contributed by atoms with van der Waals surface area (Å²) >= 11 is 0. The summed E-state index contributed by atoms with van der Waals surface area (Å²) in [5.74, 6) is -0.0514. The van der Waals surface area contributed by atoms with Crippen LogP contribution >= 0.6 is 0 Å². The maximum absolute atomic E-state index is 13.1. The van der Waals surface area contributed by atoms with E-state index >= 15 is 0 Å². The molecular weight excluding hydrogens is 307 g/mol. The zero-order valence-electron chi connectivity index (χ0n) is 13.8.